The molecule has 0 radical (unpaired) electrons. The van der Waals surface area contributed by atoms with Gasteiger partial charge in [0.2, 0.25) is 0 Å². The minimum absolute atomic E-state index is 0.356. The van der Waals surface area contributed by atoms with Gasteiger partial charge in [-0.2, -0.15) is 5.10 Å². The van der Waals surface area contributed by atoms with E-state index in [2.05, 4.69) is 28.2 Å². The van der Waals surface area contributed by atoms with Gasteiger partial charge in [-0.25, -0.2) is 4.68 Å². The Balaban J connectivity index is 1.88. The molecule has 1 aliphatic rings. The predicted octanol–water partition coefficient (Wildman–Crippen LogP) is 1.80. The maximum absolute atomic E-state index is 5.95. The number of nitrogens with zero attached hydrogens (tertiary/aromatic N) is 3. The minimum atomic E-state index is 0.356. The number of nitrogens with two attached hydrogens (primary N) is 1. The third kappa shape index (κ3) is 2.11. The summed E-state index contributed by atoms with van der Waals surface area (Å²) in [6, 6.07) is 12.7. The lowest BCUT2D eigenvalue weighted by Crippen LogP contribution is -2.40. The Morgan fingerprint density at radius 2 is 1.78 bits per heavy atom. The molecule has 2 heterocycles. The summed E-state index contributed by atoms with van der Waals surface area (Å²) in [5.41, 5.74) is 7.05. The van der Waals surface area contributed by atoms with Gasteiger partial charge in [0, 0.05) is 25.2 Å². The molecule has 4 heteroatoms. The number of benzene rings is 1. The Labute approximate surface area is 107 Å². The average Bonchev–Trinajstić information content (AvgIpc) is 2.90. The monoisotopic (exact) mass is 242 g/mol. The number of rotatable bonds is 2. The van der Waals surface area contributed by atoms with Crippen LogP contribution in [0.2, 0.25) is 0 Å². The highest BCUT2D eigenvalue weighted by Gasteiger charge is 2.19. The van der Waals surface area contributed by atoms with E-state index in [9.17, 15) is 0 Å². The van der Waals surface area contributed by atoms with Crippen molar-refractivity contribution in [3.63, 3.8) is 0 Å². The molecule has 1 aromatic heterocycles. The Kier molecular flexibility index (Phi) is 3.02. The molecule has 1 fully saturated rings. The van der Waals surface area contributed by atoms with Crippen molar-refractivity contribution in [3.8, 4) is 5.69 Å². The van der Waals surface area contributed by atoms with E-state index in [1.807, 2.05) is 29.1 Å². The Hall–Kier alpha value is -1.81. The summed E-state index contributed by atoms with van der Waals surface area (Å²) in [6.45, 7) is 2.03. The molecule has 0 bridgehead atoms. The molecule has 2 N–H and O–H groups in total. The van der Waals surface area contributed by atoms with Crippen molar-refractivity contribution in [2.45, 2.75) is 18.9 Å². The molecule has 4 nitrogen and oxygen atoms in total. The van der Waals surface area contributed by atoms with Crippen LogP contribution in [-0.4, -0.2) is 28.9 Å². The van der Waals surface area contributed by atoms with Crippen LogP contribution in [0.1, 0.15) is 12.8 Å². The summed E-state index contributed by atoms with van der Waals surface area (Å²) < 4.78 is 2.00. The van der Waals surface area contributed by atoms with Gasteiger partial charge < -0.3 is 10.6 Å². The van der Waals surface area contributed by atoms with Crippen molar-refractivity contribution in [2.75, 3.05) is 18.0 Å². The molecule has 0 amide bonds. The lowest BCUT2D eigenvalue weighted by molar-refractivity contribution is 0.495. The molecule has 0 saturated carbocycles. The molecular formula is C14H18N4. The number of para-hydroxylation sites is 1. The van der Waals surface area contributed by atoms with Gasteiger partial charge in [-0.1, -0.05) is 18.2 Å². The van der Waals surface area contributed by atoms with Crippen LogP contribution in [0.15, 0.2) is 42.6 Å². The number of hydrogen-bond acceptors (Lipinski definition) is 3. The van der Waals surface area contributed by atoms with Crippen molar-refractivity contribution in [1.29, 1.82) is 0 Å². The molecule has 94 valence electrons. The zero-order valence-electron chi connectivity index (χ0n) is 10.4. The van der Waals surface area contributed by atoms with Gasteiger partial charge in [0.15, 0.2) is 0 Å². The van der Waals surface area contributed by atoms with Gasteiger partial charge in [0.25, 0.3) is 0 Å². The summed E-state index contributed by atoms with van der Waals surface area (Å²) in [6.07, 6.45) is 3.97. The van der Waals surface area contributed by atoms with Gasteiger partial charge >= 0.3 is 0 Å². The van der Waals surface area contributed by atoms with Crippen LogP contribution in [0, 0.1) is 0 Å². The molecule has 1 aliphatic heterocycles. The van der Waals surface area contributed by atoms with Crippen LogP contribution in [0.4, 0.5) is 5.82 Å². The SMILES string of the molecule is NC1CCN(c2ccnn2-c2ccccc2)CC1. The first-order valence-electron chi connectivity index (χ1n) is 6.44. The molecule has 2 aromatic rings. The third-order valence-corrected chi connectivity index (χ3v) is 3.49. The smallest absolute Gasteiger partial charge is 0.132 e. The van der Waals surface area contributed by atoms with Gasteiger partial charge in [0.05, 0.1) is 11.9 Å². The summed E-state index contributed by atoms with van der Waals surface area (Å²) in [7, 11) is 0. The normalized spacial score (nSPS) is 17.1. The Bertz CT molecular complexity index is 498. The van der Waals surface area contributed by atoms with E-state index < -0.39 is 0 Å². The summed E-state index contributed by atoms with van der Waals surface area (Å²) in [4.78, 5) is 2.36. The van der Waals surface area contributed by atoms with Crippen LogP contribution in [-0.2, 0) is 0 Å². The second-order valence-electron chi connectivity index (χ2n) is 4.76. The first kappa shape index (κ1) is 11.3. The summed E-state index contributed by atoms with van der Waals surface area (Å²) >= 11 is 0. The van der Waals surface area contributed by atoms with E-state index in [0.717, 1.165) is 37.4 Å². The van der Waals surface area contributed by atoms with E-state index in [1.165, 1.54) is 0 Å². The third-order valence-electron chi connectivity index (χ3n) is 3.49. The van der Waals surface area contributed by atoms with Crippen molar-refractivity contribution in [3.05, 3.63) is 42.6 Å². The van der Waals surface area contributed by atoms with Crippen LogP contribution in [0.5, 0.6) is 0 Å². The lowest BCUT2D eigenvalue weighted by Gasteiger charge is -2.31. The van der Waals surface area contributed by atoms with Crippen LogP contribution >= 0.6 is 0 Å². The quantitative estimate of drug-likeness (QED) is 0.873. The number of anilines is 1. The number of piperidine rings is 1. The van der Waals surface area contributed by atoms with Crippen LogP contribution in [0.3, 0.4) is 0 Å². The fourth-order valence-electron chi connectivity index (χ4n) is 2.43. The van der Waals surface area contributed by atoms with E-state index in [1.54, 1.807) is 0 Å². The standard InChI is InChI=1S/C14H18N4/c15-12-7-10-17(11-8-12)14-6-9-16-18(14)13-4-2-1-3-5-13/h1-6,9,12H,7-8,10-11,15H2. The van der Waals surface area contributed by atoms with E-state index in [-0.39, 0.29) is 0 Å². The lowest BCUT2D eigenvalue weighted by atomic mass is 10.1. The predicted molar refractivity (Wildman–Crippen MR) is 73.0 cm³/mol. The number of hydrogen-bond donors (Lipinski definition) is 1. The topological polar surface area (TPSA) is 47.1 Å². The molecule has 0 spiro atoms. The van der Waals surface area contributed by atoms with Gasteiger partial charge in [-0.05, 0) is 25.0 Å². The van der Waals surface area contributed by atoms with Gasteiger partial charge in [0.1, 0.15) is 5.82 Å². The molecule has 3 rings (SSSR count). The second kappa shape index (κ2) is 4.82. The highest BCUT2D eigenvalue weighted by Crippen LogP contribution is 2.22. The molecule has 1 aromatic carbocycles. The van der Waals surface area contributed by atoms with Gasteiger partial charge in [-0.15, -0.1) is 0 Å². The number of aromatic nitrogens is 2. The van der Waals surface area contributed by atoms with Crippen molar-refractivity contribution in [1.82, 2.24) is 9.78 Å². The fourth-order valence-corrected chi connectivity index (χ4v) is 2.43. The largest absolute Gasteiger partial charge is 0.356 e. The molecule has 0 unspecified atom stereocenters. The summed E-state index contributed by atoms with van der Waals surface area (Å²) in [5, 5.41) is 4.42. The van der Waals surface area contributed by atoms with Crippen molar-refractivity contribution >= 4 is 5.82 Å². The molecular weight excluding hydrogens is 224 g/mol. The van der Waals surface area contributed by atoms with E-state index >= 15 is 0 Å². The van der Waals surface area contributed by atoms with Crippen LogP contribution < -0.4 is 10.6 Å². The summed E-state index contributed by atoms with van der Waals surface area (Å²) in [5.74, 6) is 1.16. The first-order chi connectivity index (χ1) is 8.84. The maximum atomic E-state index is 5.95. The average molecular weight is 242 g/mol. The molecule has 0 atom stereocenters. The fraction of sp³-hybridized carbons (Fsp3) is 0.357. The molecule has 18 heavy (non-hydrogen) atoms. The van der Waals surface area contributed by atoms with Gasteiger partial charge in [-0.3, -0.25) is 0 Å². The Morgan fingerprint density at radius 1 is 1.06 bits per heavy atom. The highest BCUT2D eigenvalue weighted by molar-refractivity contribution is 5.47. The zero-order valence-corrected chi connectivity index (χ0v) is 10.4. The second-order valence-corrected chi connectivity index (χ2v) is 4.76. The molecule has 1 saturated heterocycles. The van der Waals surface area contributed by atoms with E-state index in [0.29, 0.717) is 6.04 Å². The maximum Gasteiger partial charge on any atom is 0.132 e. The zero-order chi connectivity index (χ0) is 12.4. The van der Waals surface area contributed by atoms with E-state index in [4.69, 9.17) is 5.73 Å². The first-order valence-corrected chi connectivity index (χ1v) is 6.44. The van der Waals surface area contributed by atoms with Crippen molar-refractivity contribution in [2.24, 2.45) is 5.73 Å². The molecule has 0 aliphatic carbocycles. The van der Waals surface area contributed by atoms with Crippen molar-refractivity contribution < 1.29 is 0 Å². The Morgan fingerprint density at radius 3 is 2.50 bits per heavy atom. The highest BCUT2D eigenvalue weighted by atomic mass is 15.4. The minimum Gasteiger partial charge on any atom is -0.356 e. The van der Waals surface area contributed by atoms with Crippen LogP contribution in [0.25, 0.3) is 5.69 Å².